The number of carbonyl (C=O) groups is 2. The average Bonchev–Trinajstić information content (AvgIpc) is 2.89. The molecule has 0 unspecified atom stereocenters. The van der Waals surface area contributed by atoms with Gasteiger partial charge < -0.3 is 10.2 Å². The SMILES string of the molecule is Cc1ccc(CN(C(=O)CCc2ccc(C(C)C)cc2)[C@@H](Cc2ccccc2)C(=O)NCC(C)C)cc1. The summed E-state index contributed by atoms with van der Waals surface area (Å²) in [6, 6.07) is 26.1. The minimum atomic E-state index is -0.585. The van der Waals surface area contributed by atoms with Crippen molar-refractivity contribution in [2.75, 3.05) is 6.54 Å². The lowest BCUT2D eigenvalue weighted by Crippen LogP contribution is -2.51. The minimum Gasteiger partial charge on any atom is -0.354 e. The monoisotopic (exact) mass is 498 g/mol. The smallest absolute Gasteiger partial charge is 0.243 e. The van der Waals surface area contributed by atoms with Crippen molar-refractivity contribution < 1.29 is 9.59 Å². The van der Waals surface area contributed by atoms with E-state index < -0.39 is 6.04 Å². The normalized spacial score (nSPS) is 12.0. The van der Waals surface area contributed by atoms with Crippen LogP contribution < -0.4 is 5.32 Å². The van der Waals surface area contributed by atoms with Gasteiger partial charge >= 0.3 is 0 Å². The van der Waals surface area contributed by atoms with Crippen molar-refractivity contribution in [2.24, 2.45) is 5.92 Å². The number of nitrogens with zero attached hydrogens (tertiary/aromatic N) is 1. The Balaban J connectivity index is 1.86. The molecule has 0 saturated carbocycles. The maximum Gasteiger partial charge on any atom is 0.243 e. The van der Waals surface area contributed by atoms with Gasteiger partial charge in [0.05, 0.1) is 0 Å². The first-order chi connectivity index (χ1) is 17.7. The quantitative estimate of drug-likeness (QED) is 0.311. The van der Waals surface area contributed by atoms with Crippen molar-refractivity contribution >= 4 is 11.8 Å². The largest absolute Gasteiger partial charge is 0.354 e. The highest BCUT2D eigenvalue weighted by atomic mass is 16.2. The maximum absolute atomic E-state index is 13.8. The van der Waals surface area contributed by atoms with Crippen LogP contribution in [0, 0.1) is 12.8 Å². The molecule has 2 amide bonds. The highest BCUT2D eigenvalue weighted by Crippen LogP contribution is 2.19. The van der Waals surface area contributed by atoms with Gasteiger partial charge in [-0.3, -0.25) is 9.59 Å². The van der Waals surface area contributed by atoms with Crippen LogP contribution in [-0.4, -0.2) is 29.3 Å². The van der Waals surface area contributed by atoms with Gasteiger partial charge in [0.1, 0.15) is 6.04 Å². The number of carbonyl (C=O) groups excluding carboxylic acids is 2. The first kappa shape index (κ1) is 28.2. The van der Waals surface area contributed by atoms with E-state index in [-0.39, 0.29) is 11.8 Å². The van der Waals surface area contributed by atoms with E-state index in [0.29, 0.717) is 44.2 Å². The Hall–Kier alpha value is -3.40. The van der Waals surface area contributed by atoms with Crippen molar-refractivity contribution in [2.45, 2.75) is 72.4 Å². The van der Waals surface area contributed by atoms with Gasteiger partial charge in [-0.25, -0.2) is 0 Å². The molecule has 0 aliphatic heterocycles. The van der Waals surface area contributed by atoms with Crippen molar-refractivity contribution in [1.82, 2.24) is 10.2 Å². The summed E-state index contributed by atoms with van der Waals surface area (Å²) in [6.07, 6.45) is 1.48. The number of hydrogen-bond acceptors (Lipinski definition) is 2. The average molecular weight is 499 g/mol. The molecule has 0 fully saturated rings. The molecule has 4 nitrogen and oxygen atoms in total. The van der Waals surface area contributed by atoms with E-state index in [1.54, 1.807) is 4.90 Å². The van der Waals surface area contributed by atoms with Crippen LogP contribution in [0.3, 0.4) is 0 Å². The Morgan fingerprint density at radius 2 is 1.41 bits per heavy atom. The Labute approximate surface area is 223 Å². The van der Waals surface area contributed by atoms with Crippen LogP contribution in [0.15, 0.2) is 78.9 Å². The van der Waals surface area contributed by atoms with Crippen molar-refractivity contribution in [3.63, 3.8) is 0 Å². The van der Waals surface area contributed by atoms with Crippen LogP contribution in [0.4, 0.5) is 0 Å². The van der Waals surface area contributed by atoms with Gasteiger partial charge in [0.25, 0.3) is 0 Å². The molecule has 3 aromatic rings. The van der Waals surface area contributed by atoms with E-state index in [2.05, 4.69) is 76.3 Å². The van der Waals surface area contributed by atoms with Crippen LogP contribution in [0.2, 0.25) is 0 Å². The van der Waals surface area contributed by atoms with E-state index in [1.165, 1.54) is 11.1 Å². The van der Waals surface area contributed by atoms with Gasteiger partial charge in [0.2, 0.25) is 11.8 Å². The Bertz CT molecular complexity index is 1120. The molecule has 0 aliphatic carbocycles. The molecule has 0 heterocycles. The molecule has 0 aromatic heterocycles. The fourth-order valence-electron chi connectivity index (χ4n) is 4.33. The summed E-state index contributed by atoms with van der Waals surface area (Å²) in [7, 11) is 0. The summed E-state index contributed by atoms with van der Waals surface area (Å²) in [4.78, 5) is 29.1. The lowest BCUT2D eigenvalue weighted by molar-refractivity contribution is -0.141. The second-order valence-electron chi connectivity index (χ2n) is 10.7. The zero-order valence-corrected chi connectivity index (χ0v) is 23.0. The van der Waals surface area contributed by atoms with E-state index in [9.17, 15) is 9.59 Å². The van der Waals surface area contributed by atoms with E-state index in [4.69, 9.17) is 0 Å². The number of aryl methyl sites for hydroxylation is 2. The molecule has 0 spiro atoms. The van der Waals surface area contributed by atoms with Crippen LogP contribution in [0.1, 0.15) is 67.9 Å². The summed E-state index contributed by atoms with van der Waals surface area (Å²) in [5.41, 5.74) is 5.66. The van der Waals surface area contributed by atoms with Crippen LogP contribution >= 0.6 is 0 Å². The first-order valence-electron chi connectivity index (χ1n) is 13.5. The molecule has 1 atom stereocenters. The molecule has 4 heteroatoms. The predicted molar refractivity (Wildman–Crippen MR) is 152 cm³/mol. The zero-order chi connectivity index (χ0) is 26.8. The molecular formula is C33H42N2O2. The maximum atomic E-state index is 13.8. The van der Waals surface area contributed by atoms with Crippen LogP contribution in [0.25, 0.3) is 0 Å². The van der Waals surface area contributed by atoms with Crippen molar-refractivity contribution in [3.05, 3.63) is 107 Å². The number of hydrogen-bond donors (Lipinski definition) is 1. The fraction of sp³-hybridized carbons (Fsp3) is 0.394. The van der Waals surface area contributed by atoms with Gasteiger partial charge in [0, 0.05) is 25.9 Å². The third kappa shape index (κ3) is 8.89. The molecule has 1 N–H and O–H groups in total. The summed E-state index contributed by atoms with van der Waals surface area (Å²) < 4.78 is 0. The zero-order valence-electron chi connectivity index (χ0n) is 23.0. The molecule has 196 valence electrons. The highest BCUT2D eigenvalue weighted by Gasteiger charge is 2.30. The predicted octanol–water partition coefficient (Wildman–Crippen LogP) is 6.46. The lowest BCUT2D eigenvalue weighted by Gasteiger charge is -2.32. The molecule has 3 rings (SSSR count). The Morgan fingerprint density at radius 3 is 2.00 bits per heavy atom. The van der Waals surface area contributed by atoms with E-state index in [1.807, 2.05) is 42.5 Å². The molecule has 37 heavy (non-hydrogen) atoms. The third-order valence-electron chi connectivity index (χ3n) is 6.70. The number of benzene rings is 3. The highest BCUT2D eigenvalue weighted by molar-refractivity contribution is 5.88. The summed E-state index contributed by atoms with van der Waals surface area (Å²) in [5, 5.41) is 3.09. The summed E-state index contributed by atoms with van der Waals surface area (Å²) in [5.74, 6) is 0.702. The van der Waals surface area contributed by atoms with Crippen LogP contribution in [-0.2, 0) is 29.0 Å². The van der Waals surface area contributed by atoms with Gasteiger partial charge in [-0.2, -0.15) is 0 Å². The summed E-state index contributed by atoms with van der Waals surface area (Å²) >= 11 is 0. The lowest BCUT2D eigenvalue weighted by atomic mass is 9.99. The molecule has 0 bridgehead atoms. The molecular weight excluding hydrogens is 456 g/mol. The number of amides is 2. The Kier molecular flexibility index (Phi) is 10.5. The summed E-state index contributed by atoms with van der Waals surface area (Å²) in [6.45, 7) is 11.5. The Morgan fingerprint density at radius 1 is 0.784 bits per heavy atom. The molecule has 0 saturated heterocycles. The van der Waals surface area contributed by atoms with Gasteiger partial charge in [-0.1, -0.05) is 112 Å². The van der Waals surface area contributed by atoms with Crippen LogP contribution in [0.5, 0.6) is 0 Å². The second-order valence-corrected chi connectivity index (χ2v) is 10.7. The van der Waals surface area contributed by atoms with Gasteiger partial charge in [0.15, 0.2) is 0 Å². The van der Waals surface area contributed by atoms with E-state index >= 15 is 0 Å². The molecule has 3 aromatic carbocycles. The second kappa shape index (κ2) is 13.8. The van der Waals surface area contributed by atoms with Gasteiger partial charge in [-0.15, -0.1) is 0 Å². The minimum absolute atomic E-state index is 0.00543. The van der Waals surface area contributed by atoms with Crippen molar-refractivity contribution in [1.29, 1.82) is 0 Å². The molecule has 0 aliphatic rings. The number of rotatable bonds is 12. The fourth-order valence-corrected chi connectivity index (χ4v) is 4.33. The standard InChI is InChI=1S/C33H42N2O2/c1-24(2)22-34-33(37)31(21-28-9-7-6-8-10-28)35(23-29-13-11-26(5)12-14-29)32(36)20-17-27-15-18-30(19-16-27)25(3)4/h6-16,18-19,24-25,31H,17,20-23H2,1-5H3,(H,34,37)/t31-/m0/s1. The van der Waals surface area contributed by atoms with Gasteiger partial charge in [-0.05, 0) is 47.4 Å². The topological polar surface area (TPSA) is 49.4 Å². The van der Waals surface area contributed by atoms with E-state index in [0.717, 1.165) is 16.7 Å². The third-order valence-corrected chi connectivity index (χ3v) is 6.70. The number of nitrogens with one attached hydrogen (secondary N) is 1. The van der Waals surface area contributed by atoms with Crippen molar-refractivity contribution in [3.8, 4) is 0 Å². The first-order valence-corrected chi connectivity index (χ1v) is 13.5. The molecule has 0 radical (unpaired) electrons.